The van der Waals surface area contributed by atoms with Crippen molar-refractivity contribution in [3.63, 3.8) is 0 Å². The molecule has 0 radical (unpaired) electrons. The molecule has 0 aliphatic rings. The Hall–Kier alpha value is -7.68. The molecule has 0 aliphatic heterocycles. The van der Waals surface area contributed by atoms with E-state index in [1.54, 1.807) is 0 Å². The Balaban J connectivity index is 1.10. The molecule has 0 fully saturated rings. The van der Waals surface area contributed by atoms with Crippen LogP contribution in [-0.2, 0) is 0 Å². The van der Waals surface area contributed by atoms with Crippen molar-refractivity contribution in [2.75, 3.05) is 9.80 Å². The maximum Gasteiger partial charge on any atom is 0.0540 e. The lowest BCUT2D eigenvalue weighted by Crippen LogP contribution is -2.11. The van der Waals surface area contributed by atoms with Gasteiger partial charge in [-0.3, -0.25) is 0 Å². The van der Waals surface area contributed by atoms with Crippen LogP contribution in [0.4, 0.5) is 34.1 Å². The lowest BCUT2D eigenvalue weighted by atomic mass is 9.89. The molecule has 10 aromatic carbocycles. The topological polar surface area (TPSA) is 6.48 Å². The molecule has 62 heavy (non-hydrogen) atoms. The van der Waals surface area contributed by atoms with Gasteiger partial charge in [0.1, 0.15) is 0 Å². The largest absolute Gasteiger partial charge is 0.310 e. The highest BCUT2D eigenvalue weighted by Gasteiger charge is 2.20. The first kappa shape index (κ1) is 38.5. The van der Waals surface area contributed by atoms with E-state index in [4.69, 9.17) is 0 Å². The third kappa shape index (κ3) is 7.20. The van der Waals surface area contributed by atoms with E-state index in [1.807, 2.05) is 0 Å². The van der Waals surface area contributed by atoms with Crippen LogP contribution in [0, 0.1) is 27.7 Å². The van der Waals surface area contributed by atoms with E-state index in [9.17, 15) is 0 Å². The summed E-state index contributed by atoms with van der Waals surface area (Å²) in [6.45, 7) is 8.68. The minimum absolute atomic E-state index is 1.11. The summed E-state index contributed by atoms with van der Waals surface area (Å²) in [6.07, 6.45) is 0. The second-order valence-corrected chi connectivity index (χ2v) is 16.4. The average Bonchev–Trinajstić information content (AvgIpc) is 3.32. The fraction of sp³-hybridized carbons (Fsp3) is 0.0667. The molecule has 0 amide bonds. The summed E-state index contributed by atoms with van der Waals surface area (Å²) in [5, 5.41) is 4.98. The Morgan fingerprint density at radius 1 is 0.258 bits per heavy atom. The normalized spacial score (nSPS) is 11.2. The van der Waals surface area contributed by atoms with Gasteiger partial charge in [-0.1, -0.05) is 169 Å². The minimum atomic E-state index is 1.11. The number of anilines is 6. The predicted molar refractivity (Wildman–Crippen MR) is 266 cm³/mol. The van der Waals surface area contributed by atoms with Crippen LogP contribution in [0.5, 0.6) is 0 Å². The predicted octanol–water partition coefficient (Wildman–Crippen LogP) is 17.2. The molecular weight excluding hydrogens is 749 g/mol. The maximum atomic E-state index is 2.41. The van der Waals surface area contributed by atoms with E-state index in [-0.39, 0.29) is 0 Å². The van der Waals surface area contributed by atoms with Crippen LogP contribution in [0.15, 0.2) is 218 Å². The number of fused-ring (bicyclic) bond motifs is 2. The van der Waals surface area contributed by atoms with Gasteiger partial charge in [-0.2, -0.15) is 0 Å². The molecule has 0 saturated heterocycles. The Kier molecular flexibility index (Phi) is 10.2. The Bertz CT molecular complexity index is 3010. The molecule has 2 nitrogen and oxygen atoms in total. The third-order valence-corrected chi connectivity index (χ3v) is 12.3. The van der Waals surface area contributed by atoms with Gasteiger partial charge >= 0.3 is 0 Å². The van der Waals surface area contributed by atoms with Gasteiger partial charge in [-0.05, 0) is 144 Å². The van der Waals surface area contributed by atoms with Crippen LogP contribution in [-0.4, -0.2) is 0 Å². The molecule has 0 spiro atoms. The van der Waals surface area contributed by atoms with Gasteiger partial charge in [0, 0.05) is 33.5 Å². The summed E-state index contributed by atoms with van der Waals surface area (Å²) in [7, 11) is 0. The number of rotatable bonds is 9. The number of benzene rings is 10. The first-order valence-corrected chi connectivity index (χ1v) is 21.5. The second kappa shape index (κ2) is 16.4. The molecule has 0 saturated carbocycles. The Morgan fingerprint density at radius 3 is 1.02 bits per heavy atom. The van der Waals surface area contributed by atoms with Crippen LogP contribution in [0.3, 0.4) is 0 Å². The maximum absolute atomic E-state index is 2.41. The lowest BCUT2D eigenvalue weighted by molar-refractivity contribution is 1.28. The molecule has 10 aromatic rings. The van der Waals surface area contributed by atoms with Crippen molar-refractivity contribution in [2.45, 2.75) is 27.7 Å². The van der Waals surface area contributed by atoms with Crippen molar-refractivity contribution in [2.24, 2.45) is 0 Å². The van der Waals surface area contributed by atoms with E-state index in [1.165, 1.54) is 66.1 Å². The van der Waals surface area contributed by atoms with Crippen molar-refractivity contribution in [1.29, 1.82) is 0 Å². The molecule has 0 aromatic heterocycles. The molecule has 0 aliphatic carbocycles. The van der Waals surface area contributed by atoms with E-state index < -0.39 is 0 Å². The van der Waals surface area contributed by atoms with Gasteiger partial charge in [0.25, 0.3) is 0 Å². The molecule has 0 N–H and O–H groups in total. The van der Waals surface area contributed by atoms with Gasteiger partial charge in [0.05, 0.1) is 11.4 Å². The first-order valence-electron chi connectivity index (χ1n) is 21.5. The van der Waals surface area contributed by atoms with Crippen molar-refractivity contribution in [1.82, 2.24) is 0 Å². The highest BCUT2D eigenvalue weighted by atomic mass is 15.1. The van der Waals surface area contributed by atoms with Crippen LogP contribution in [0.2, 0.25) is 0 Å². The fourth-order valence-electron chi connectivity index (χ4n) is 9.06. The van der Waals surface area contributed by atoms with Crippen LogP contribution in [0.1, 0.15) is 22.3 Å². The molecule has 10 rings (SSSR count). The molecular formula is C60H48N2. The lowest BCUT2D eigenvalue weighted by Gasteiger charge is -2.28. The summed E-state index contributed by atoms with van der Waals surface area (Å²) < 4.78 is 0. The number of aryl methyl sites for hydroxylation is 4. The Labute approximate surface area is 365 Å². The monoisotopic (exact) mass is 796 g/mol. The minimum Gasteiger partial charge on any atom is -0.310 e. The third-order valence-electron chi connectivity index (χ3n) is 12.3. The van der Waals surface area contributed by atoms with Crippen molar-refractivity contribution in [3.05, 3.63) is 241 Å². The quantitative estimate of drug-likeness (QED) is 0.144. The fourth-order valence-corrected chi connectivity index (χ4v) is 9.06. The first-order chi connectivity index (χ1) is 30.4. The van der Waals surface area contributed by atoms with E-state index in [0.29, 0.717) is 0 Å². The number of hydrogen-bond donors (Lipinski definition) is 0. The van der Waals surface area contributed by atoms with Crippen LogP contribution in [0.25, 0.3) is 54.9 Å². The molecule has 0 atom stereocenters. The zero-order valence-corrected chi connectivity index (χ0v) is 35.7. The summed E-state index contributed by atoms with van der Waals surface area (Å²) >= 11 is 0. The van der Waals surface area contributed by atoms with E-state index >= 15 is 0 Å². The van der Waals surface area contributed by atoms with Gasteiger partial charge in [-0.15, -0.1) is 0 Å². The standard InChI is InChI=1S/C60H48N2/c1-41-27-33-47(34-28-41)61(59-37-31-43(3)51-19-5-11-25-57(51)59)49-17-13-15-45(39-49)53-21-7-9-23-55(53)56-24-10-8-22-54(56)46-16-14-18-50(40-46)62(48-35-29-42(2)30-36-48)60-38-32-44(4)52-20-6-12-26-58(52)60/h5-40H,1-4H3. The van der Waals surface area contributed by atoms with Gasteiger partial charge in [0.2, 0.25) is 0 Å². The van der Waals surface area contributed by atoms with Crippen LogP contribution < -0.4 is 9.80 Å². The highest BCUT2D eigenvalue weighted by Crippen LogP contribution is 2.45. The van der Waals surface area contributed by atoms with Gasteiger partial charge in [0.15, 0.2) is 0 Å². The molecule has 298 valence electrons. The van der Waals surface area contributed by atoms with E-state index in [0.717, 1.165) is 45.3 Å². The SMILES string of the molecule is Cc1ccc(N(c2cccc(-c3ccccc3-c3ccccc3-c3cccc(N(c4ccc(C)cc4)c4ccc(C)c5ccccc45)c3)c2)c2ccc(C)c3ccccc23)cc1. The van der Waals surface area contributed by atoms with Gasteiger partial charge < -0.3 is 9.80 Å². The van der Waals surface area contributed by atoms with Crippen molar-refractivity contribution < 1.29 is 0 Å². The van der Waals surface area contributed by atoms with Crippen LogP contribution >= 0.6 is 0 Å². The molecule has 2 heteroatoms. The summed E-state index contributed by atoms with van der Waals surface area (Å²) in [5.74, 6) is 0. The highest BCUT2D eigenvalue weighted by molar-refractivity contribution is 6.03. The molecule has 0 heterocycles. The second-order valence-electron chi connectivity index (χ2n) is 16.4. The average molecular weight is 797 g/mol. The van der Waals surface area contributed by atoms with Crippen molar-refractivity contribution >= 4 is 55.7 Å². The molecule has 0 bridgehead atoms. The van der Waals surface area contributed by atoms with Crippen molar-refractivity contribution in [3.8, 4) is 33.4 Å². The van der Waals surface area contributed by atoms with Gasteiger partial charge in [-0.25, -0.2) is 0 Å². The zero-order valence-electron chi connectivity index (χ0n) is 35.7. The smallest absolute Gasteiger partial charge is 0.0540 e. The number of nitrogens with zero attached hydrogens (tertiary/aromatic N) is 2. The number of hydrogen-bond acceptors (Lipinski definition) is 2. The summed E-state index contributed by atoms with van der Waals surface area (Å²) in [5.41, 5.74) is 18.9. The summed E-state index contributed by atoms with van der Waals surface area (Å²) in [4.78, 5) is 4.81. The molecule has 0 unspecified atom stereocenters. The summed E-state index contributed by atoms with van der Waals surface area (Å²) in [6, 6.07) is 80.0. The zero-order chi connectivity index (χ0) is 42.2. The Morgan fingerprint density at radius 2 is 0.613 bits per heavy atom. The van der Waals surface area contributed by atoms with E-state index in [2.05, 4.69) is 256 Å².